The fraction of sp³-hybridized carbons (Fsp3) is 0.552. The number of rotatable bonds is 11. The summed E-state index contributed by atoms with van der Waals surface area (Å²) in [5.41, 5.74) is 6.48. The molecule has 0 bridgehead atoms. The van der Waals surface area contributed by atoms with Crippen LogP contribution in [0.15, 0.2) is 48.5 Å². The number of ether oxygens (including phenoxy) is 2. The van der Waals surface area contributed by atoms with Crippen LogP contribution < -0.4 is 15.2 Å². The number of nitrogens with zero attached hydrogens (tertiary/aromatic N) is 3. The van der Waals surface area contributed by atoms with Crippen LogP contribution in [-0.2, 0) is 20.4 Å². The average molecular weight is 624 g/mol. The van der Waals surface area contributed by atoms with Gasteiger partial charge in [-0.1, -0.05) is 14.9 Å². The van der Waals surface area contributed by atoms with E-state index in [2.05, 4.69) is 9.80 Å². The predicted octanol–water partition coefficient (Wildman–Crippen LogP) is 6.31. The van der Waals surface area contributed by atoms with Crippen molar-refractivity contribution in [2.45, 2.75) is 53.4 Å². The molecule has 220 valence electrons. The number of likely N-dealkylation sites (tertiary alicyclic amines) is 2. The van der Waals surface area contributed by atoms with Crippen LogP contribution in [0.1, 0.15) is 53.4 Å². The number of anilines is 1. The molecule has 0 atom stereocenters. The summed E-state index contributed by atoms with van der Waals surface area (Å²) in [5.74, 6) is 1.61. The van der Waals surface area contributed by atoms with Crippen molar-refractivity contribution in [1.29, 1.82) is 0 Å². The first-order valence-electron chi connectivity index (χ1n) is 12.4. The van der Waals surface area contributed by atoms with Gasteiger partial charge in [-0.15, -0.1) is 0 Å². The predicted molar refractivity (Wildman–Crippen MR) is 155 cm³/mol. The third kappa shape index (κ3) is 14.7. The van der Waals surface area contributed by atoms with Gasteiger partial charge in [-0.2, -0.15) is 0 Å². The Hall–Kier alpha value is -2.18. The maximum atomic E-state index is 10.5. The van der Waals surface area contributed by atoms with Crippen molar-refractivity contribution in [3.63, 3.8) is 0 Å². The van der Waals surface area contributed by atoms with E-state index < -0.39 is 4.92 Å². The van der Waals surface area contributed by atoms with Crippen LogP contribution in [0.4, 0.5) is 11.4 Å². The minimum Gasteiger partial charge on any atom is -0.494 e. The van der Waals surface area contributed by atoms with Gasteiger partial charge in [0.25, 0.3) is 5.69 Å². The van der Waals surface area contributed by atoms with Gasteiger partial charge in [-0.3, -0.25) is 10.1 Å². The molecular weight excluding hydrogens is 575 g/mol. The van der Waals surface area contributed by atoms with Crippen LogP contribution in [-0.4, -0.2) is 67.2 Å². The van der Waals surface area contributed by atoms with Crippen LogP contribution in [0.2, 0.25) is 0 Å². The van der Waals surface area contributed by atoms with E-state index in [1.54, 1.807) is 12.1 Å². The normalized spacial score (nSPS) is 14.4. The van der Waals surface area contributed by atoms with E-state index in [4.69, 9.17) is 15.2 Å². The maximum Gasteiger partial charge on any atom is 0.269 e. The smallest absolute Gasteiger partial charge is 0.269 e. The molecule has 38 heavy (non-hydrogen) atoms. The van der Waals surface area contributed by atoms with Crippen molar-refractivity contribution in [2.75, 3.05) is 58.2 Å². The first-order valence-corrected chi connectivity index (χ1v) is 12.4. The molecule has 4 rings (SSSR count). The molecule has 2 aromatic carbocycles. The second-order valence-corrected chi connectivity index (χ2v) is 8.82. The number of nitro benzene ring substituents is 1. The zero-order valence-corrected chi connectivity index (χ0v) is 22.9. The zero-order valence-electron chi connectivity index (χ0n) is 21.4. The molecule has 0 aliphatic carbocycles. The Morgan fingerprint density at radius 3 is 1.47 bits per heavy atom. The second kappa shape index (κ2) is 21.7. The summed E-state index contributed by atoms with van der Waals surface area (Å²) in [6.45, 7) is 8.63. The quantitative estimate of drug-likeness (QED) is 0.0782. The van der Waals surface area contributed by atoms with Crippen molar-refractivity contribution in [3.8, 4) is 11.5 Å². The van der Waals surface area contributed by atoms with Crippen LogP contribution >= 0.6 is 0 Å². The summed E-state index contributed by atoms with van der Waals surface area (Å²) in [5, 5.41) is 10.5. The first-order chi connectivity index (χ1) is 16.6. The van der Waals surface area contributed by atoms with Crippen LogP contribution in [0.25, 0.3) is 0 Å². The summed E-state index contributed by atoms with van der Waals surface area (Å²) in [4.78, 5) is 15.0. The minimum atomic E-state index is -0.406. The van der Waals surface area contributed by atoms with E-state index in [-0.39, 0.29) is 48.4 Å². The summed E-state index contributed by atoms with van der Waals surface area (Å²) >= 11 is 0. The number of nitrogens with two attached hydrogens (primary N) is 1. The Morgan fingerprint density at radius 2 is 1.11 bits per heavy atom. The molecule has 2 aromatic rings. The molecule has 0 radical (unpaired) electrons. The number of hydrogen-bond donors (Lipinski definition) is 1. The van der Waals surface area contributed by atoms with E-state index >= 15 is 0 Å². The van der Waals surface area contributed by atoms with E-state index in [9.17, 15) is 10.1 Å². The topological polar surface area (TPSA) is 94.1 Å². The van der Waals surface area contributed by atoms with Crippen molar-refractivity contribution in [3.05, 3.63) is 66.1 Å². The van der Waals surface area contributed by atoms with E-state index in [0.29, 0.717) is 12.4 Å². The van der Waals surface area contributed by atoms with E-state index in [0.717, 1.165) is 44.0 Å². The molecule has 0 aromatic heterocycles. The first kappa shape index (κ1) is 38.0. The molecule has 2 heterocycles. The molecule has 2 fully saturated rings. The molecule has 0 unspecified atom stereocenters. The maximum absolute atomic E-state index is 10.5. The third-order valence-corrected chi connectivity index (χ3v) is 6.10. The van der Waals surface area contributed by atoms with Gasteiger partial charge in [-0.25, -0.2) is 0 Å². The molecule has 2 saturated heterocycles. The Morgan fingerprint density at radius 1 is 0.737 bits per heavy atom. The Balaban J connectivity index is 0. The van der Waals surface area contributed by atoms with Gasteiger partial charge in [-0.05, 0) is 101 Å². The van der Waals surface area contributed by atoms with E-state index in [1.165, 1.54) is 64.0 Å². The Bertz CT molecular complexity index is 841. The molecule has 8 nitrogen and oxygen atoms in total. The number of hydrogen-bond acceptors (Lipinski definition) is 7. The van der Waals surface area contributed by atoms with Gasteiger partial charge in [0.05, 0.1) is 18.1 Å². The van der Waals surface area contributed by atoms with Gasteiger partial charge in [0, 0.05) is 51.3 Å². The van der Waals surface area contributed by atoms with Crippen molar-refractivity contribution in [1.82, 2.24) is 9.80 Å². The molecule has 9 heteroatoms. The molecular formula is C29H49N4O4Pd-. The minimum absolute atomic E-state index is 0. The summed E-state index contributed by atoms with van der Waals surface area (Å²) in [6.07, 6.45) is 7.44. The molecule has 0 spiro atoms. The molecule has 0 amide bonds. The molecule has 2 aliphatic rings. The third-order valence-electron chi connectivity index (χ3n) is 6.10. The van der Waals surface area contributed by atoms with Crippen LogP contribution in [0.3, 0.4) is 0 Å². The summed E-state index contributed by atoms with van der Waals surface area (Å²) in [7, 11) is 0. The standard InChI is InChI=1S/C13H18N2O3.C13H20N2O.2CH4.CH3.Pd/c16-15(17)12-4-6-13(7-5-12)18-11-3-10-14-8-1-2-9-14;14-12-4-6-13(7-5-12)16-11-3-10-15-8-1-2-9-15;;;;/h4-7H,1-3,8-11H2;4-7H,1-3,8-11,14H2;2*1H4;1H3;/q;;;;-1;. The van der Waals surface area contributed by atoms with Crippen molar-refractivity contribution < 1.29 is 34.8 Å². The summed E-state index contributed by atoms with van der Waals surface area (Å²) in [6, 6.07) is 13.8. The molecule has 0 saturated carbocycles. The molecule has 2 N–H and O–H groups in total. The van der Waals surface area contributed by atoms with Crippen molar-refractivity contribution in [2.24, 2.45) is 0 Å². The van der Waals surface area contributed by atoms with Gasteiger partial charge in [0.15, 0.2) is 0 Å². The van der Waals surface area contributed by atoms with Gasteiger partial charge >= 0.3 is 0 Å². The van der Waals surface area contributed by atoms with Gasteiger partial charge in [0.2, 0.25) is 0 Å². The SMILES string of the molecule is C.C.Nc1ccc(OCCCN2CCCC2)cc1.O=[N+]([O-])c1ccc(OCCCN2CCCC2)cc1.[CH3-].[Pd]. The van der Waals surface area contributed by atoms with Crippen molar-refractivity contribution >= 4 is 11.4 Å². The van der Waals surface area contributed by atoms with Gasteiger partial charge < -0.3 is 32.4 Å². The number of non-ortho nitro benzene ring substituents is 1. The number of benzene rings is 2. The fourth-order valence-corrected chi connectivity index (χ4v) is 4.20. The second-order valence-electron chi connectivity index (χ2n) is 8.82. The number of nitro groups is 1. The Labute approximate surface area is 244 Å². The van der Waals surface area contributed by atoms with Crippen LogP contribution in [0.5, 0.6) is 11.5 Å². The Kier molecular flexibility index (Phi) is 21.7. The average Bonchev–Trinajstić information content (AvgIpc) is 3.56. The van der Waals surface area contributed by atoms with Gasteiger partial charge in [0.1, 0.15) is 11.5 Å². The van der Waals surface area contributed by atoms with E-state index in [1.807, 2.05) is 24.3 Å². The largest absolute Gasteiger partial charge is 0.494 e. The summed E-state index contributed by atoms with van der Waals surface area (Å²) < 4.78 is 11.2. The monoisotopic (exact) mass is 623 g/mol. The zero-order chi connectivity index (χ0) is 24.0. The number of nitrogen functional groups attached to an aromatic ring is 1. The molecule has 2 aliphatic heterocycles. The van der Waals surface area contributed by atoms with Crippen LogP contribution in [0, 0.1) is 17.5 Å². The fourth-order valence-electron chi connectivity index (χ4n) is 4.20.